The maximum atomic E-state index is 15.8. The predicted molar refractivity (Wildman–Crippen MR) is 152 cm³/mol. The molecule has 6 rings (SSSR count). The van der Waals surface area contributed by atoms with E-state index in [2.05, 4.69) is 26.9 Å². The molecular weight excluding hydrogens is 525 g/mol. The Hall–Kier alpha value is -4.48. The van der Waals surface area contributed by atoms with Gasteiger partial charge < -0.3 is 9.80 Å². The lowest BCUT2D eigenvalue weighted by Gasteiger charge is -2.40. The number of aryl methyl sites for hydroxylation is 2. The number of carbonyl (C=O) groups is 1. The number of nitrogens with zero attached hydrogens (tertiary/aromatic N) is 9. The third kappa shape index (κ3) is 4.66. The Kier molecular flexibility index (Phi) is 6.84. The van der Waals surface area contributed by atoms with Crippen molar-refractivity contribution in [3.05, 3.63) is 70.4 Å². The molecule has 4 aromatic rings. The Morgan fingerprint density at radius 2 is 1.98 bits per heavy atom. The van der Waals surface area contributed by atoms with Crippen molar-refractivity contribution in [3.63, 3.8) is 0 Å². The SMILES string of the molecule is C=CC(=O)N1CCN(c2nc(=O)n3c4nc(c(F)cc24)-n2cc(nn2)CCCCc2ccnc(C(C)C)c2-3)[C@@H](C)C1. The molecule has 0 spiro atoms. The summed E-state index contributed by atoms with van der Waals surface area (Å²) < 4.78 is 18.6. The number of amides is 1. The van der Waals surface area contributed by atoms with Crippen LogP contribution in [0.5, 0.6) is 0 Å². The van der Waals surface area contributed by atoms with E-state index < -0.39 is 11.5 Å². The smallest absolute Gasteiger partial charge is 0.350 e. The summed E-state index contributed by atoms with van der Waals surface area (Å²) in [5.41, 5.74) is 2.83. The quantitative estimate of drug-likeness (QED) is 0.353. The van der Waals surface area contributed by atoms with Gasteiger partial charge in [-0.25, -0.2) is 18.7 Å². The minimum Gasteiger partial charge on any atom is -0.350 e. The molecule has 1 atom stereocenters. The van der Waals surface area contributed by atoms with Crippen molar-refractivity contribution in [1.82, 2.24) is 39.4 Å². The Morgan fingerprint density at radius 1 is 1.17 bits per heavy atom. The van der Waals surface area contributed by atoms with Crippen LogP contribution in [0, 0.1) is 5.82 Å². The fourth-order valence-electron chi connectivity index (χ4n) is 5.81. The highest BCUT2D eigenvalue weighted by molar-refractivity contribution is 5.90. The van der Waals surface area contributed by atoms with Crippen LogP contribution in [0.3, 0.4) is 0 Å². The summed E-state index contributed by atoms with van der Waals surface area (Å²) in [7, 11) is 0. The van der Waals surface area contributed by atoms with Crippen LogP contribution in [0.15, 0.2) is 42.0 Å². The van der Waals surface area contributed by atoms with E-state index in [1.807, 2.05) is 31.7 Å². The van der Waals surface area contributed by atoms with E-state index in [0.29, 0.717) is 49.4 Å². The Labute approximate surface area is 236 Å². The molecule has 212 valence electrons. The van der Waals surface area contributed by atoms with Gasteiger partial charge in [-0.2, -0.15) is 9.67 Å². The minimum absolute atomic E-state index is 0.00938. The summed E-state index contributed by atoms with van der Waals surface area (Å²) in [5, 5.41) is 8.76. The van der Waals surface area contributed by atoms with Gasteiger partial charge in [0, 0.05) is 31.9 Å². The Morgan fingerprint density at radius 3 is 2.73 bits per heavy atom. The maximum Gasteiger partial charge on any atom is 0.355 e. The number of hydrogen-bond acceptors (Lipinski definition) is 8. The average Bonchev–Trinajstić information content (AvgIpc) is 3.43. The molecule has 4 bridgehead atoms. The van der Waals surface area contributed by atoms with Gasteiger partial charge in [-0.05, 0) is 62.3 Å². The number of pyridine rings is 2. The van der Waals surface area contributed by atoms with Gasteiger partial charge in [0.15, 0.2) is 17.3 Å². The lowest BCUT2D eigenvalue weighted by molar-refractivity contribution is -0.126. The molecule has 1 saturated heterocycles. The lowest BCUT2D eigenvalue weighted by atomic mass is 9.99. The van der Waals surface area contributed by atoms with Crippen LogP contribution in [-0.4, -0.2) is 71.0 Å². The Balaban J connectivity index is 1.64. The highest BCUT2D eigenvalue weighted by Gasteiger charge is 2.31. The van der Waals surface area contributed by atoms with Crippen LogP contribution in [-0.2, 0) is 17.6 Å². The zero-order valence-electron chi connectivity index (χ0n) is 23.4. The number of piperazine rings is 1. The first kappa shape index (κ1) is 26.7. The minimum atomic E-state index is -0.610. The molecular formula is C29H32FN9O2. The van der Waals surface area contributed by atoms with Gasteiger partial charge in [-0.15, -0.1) is 5.10 Å². The monoisotopic (exact) mass is 557 g/mol. The van der Waals surface area contributed by atoms with E-state index in [4.69, 9.17) is 4.98 Å². The molecule has 0 aliphatic carbocycles. The number of carbonyl (C=O) groups excluding carboxylic acids is 1. The van der Waals surface area contributed by atoms with Gasteiger partial charge in [-0.1, -0.05) is 25.6 Å². The first-order valence-corrected chi connectivity index (χ1v) is 14.0. The fraction of sp³-hybridized carbons (Fsp3) is 0.414. The van der Waals surface area contributed by atoms with Crippen molar-refractivity contribution < 1.29 is 9.18 Å². The van der Waals surface area contributed by atoms with Crippen molar-refractivity contribution in [1.29, 1.82) is 0 Å². The highest BCUT2D eigenvalue weighted by atomic mass is 19.1. The molecule has 0 N–H and O–H groups in total. The molecule has 6 heterocycles. The fourth-order valence-corrected chi connectivity index (χ4v) is 5.81. The van der Waals surface area contributed by atoms with E-state index >= 15 is 4.39 Å². The van der Waals surface area contributed by atoms with E-state index in [1.54, 1.807) is 17.3 Å². The van der Waals surface area contributed by atoms with E-state index in [1.165, 1.54) is 21.4 Å². The molecule has 0 aromatic carbocycles. The number of aromatic nitrogens is 7. The molecule has 41 heavy (non-hydrogen) atoms. The van der Waals surface area contributed by atoms with E-state index in [-0.39, 0.29) is 29.3 Å². The van der Waals surface area contributed by atoms with Gasteiger partial charge in [0.1, 0.15) is 5.82 Å². The van der Waals surface area contributed by atoms with Crippen LogP contribution in [0.4, 0.5) is 10.2 Å². The first-order chi connectivity index (χ1) is 19.8. The molecule has 12 heteroatoms. The zero-order valence-corrected chi connectivity index (χ0v) is 23.4. The summed E-state index contributed by atoms with van der Waals surface area (Å²) in [6.07, 6.45) is 7.87. The molecule has 2 aliphatic rings. The second kappa shape index (κ2) is 10.5. The summed E-state index contributed by atoms with van der Waals surface area (Å²) in [6, 6.07) is 3.12. The summed E-state index contributed by atoms with van der Waals surface area (Å²) in [6.45, 7) is 10.8. The largest absolute Gasteiger partial charge is 0.355 e. The maximum absolute atomic E-state index is 15.8. The van der Waals surface area contributed by atoms with Crippen LogP contribution in [0.1, 0.15) is 56.5 Å². The van der Waals surface area contributed by atoms with Crippen molar-refractivity contribution in [2.45, 2.75) is 58.4 Å². The topological polar surface area (TPSA) is 115 Å². The van der Waals surface area contributed by atoms with E-state index in [0.717, 1.165) is 29.8 Å². The van der Waals surface area contributed by atoms with Crippen LogP contribution in [0.2, 0.25) is 0 Å². The molecule has 0 unspecified atom stereocenters. The molecule has 4 aromatic heterocycles. The normalized spacial score (nSPS) is 17.2. The number of rotatable bonds is 3. The summed E-state index contributed by atoms with van der Waals surface area (Å²) in [4.78, 5) is 43.9. The van der Waals surface area contributed by atoms with Crippen LogP contribution < -0.4 is 10.6 Å². The van der Waals surface area contributed by atoms with Crippen molar-refractivity contribution in [2.75, 3.05) is 24.5 Å². The number of anilines is 1. The van der Waals surface area contributed by atoms with Crippen molar-refractivity contribution in [2.24, 2.45) is 0 Å². The van der Waals surface area contributed by atoms with Gasteiger partial charge in [0.05, 0.1) is 28.7 Å². The van der Waals surface area contributed by atoms with Crippen molar-refractivity contribution in [3.8, 4) is 11.5 Å². The number of hydrogen-bond donors (Lipinski definition) is 0. The van der Waals surface area contributed by atoms with Crippen LogP contribution in [0.25, 0.3) is 22.5 Å². The van der Waals surface area contributed by atoms with E-state index in [9.17, 15) is 9.59 Å². The van der Waals surface area contributed by atoms with Crippen LogP contribution >= 0.6 is 0 Å². The van der Waals surface area contributed by atoms with Gasteiger partial charge in [0.2, 0.25) is 5.91 Å². The highest BCUT2D eigenvalue weighted by Crippen LogP contribution is 2.32. The number of fused-ring (bicyclic) bond motifs is 6. The second-order valence-electron chi connectivity index (χ2n) is 11.0. The summed E-state index contributed by atoms with van der Waals surface area (Å²) in [5.74, 6) is -0.475. The summed E-state index contributed by atoms with van der Waals surface area (Å²) >= 11 is 0. The van der Waals surface area contributed by atoms with Gasteiger partial charge >= 0.3 is 5.69 Å². The molecule has 0 saturated carbocycles. The zero-order chi connectivity index (χ0) is 28.8. The van der Waals surface area contributed by atoms with Gasteiger partial charge in [-0.3, -0.25) is 9.78 Å². The first-order valence-electron chi connectivity index (χ1n) is 14.0. The lowest BCUT2D eigenvalue weighted by Crippen LogP contribution is -2.54. The average molecular weight is 558 g/mol. The van der Waals surface area contributed by atoms with Gasteiger partial charge in [0.25, 0.3) is 0 Å². The second-order valence-corrected chi connectivity index (χ2v) is 11.0. The molecule has 0 radical (unpaired) electrons. The third-order valence-electron chi connectivity index (χ3n) is 7.86. The number of halogens is 1. The Bertz CT molecular complexity index is 1730. The molecule has 2 aliphatic heterocycles. The van der Waals surface area contributed by atoms with Crippen molar-refractivity contribution >= 4 is 22.8 Å². The predicted octanol–water partition coefficient (Wildman–Crippen LogP) is 3.12. The standard InChI is InChI=1S/C29H32FN9O2/c1-5-23(40)36-12-13-37(18(4)15-36)26-21-14-22(30)28-32-27(21)39(29(41)33-26)25-19(10-11-31-24(25)17(2)3)8-6-7-9-20-16-38(28)35-34-20/h5,10-11,14,16-18H,1,6-9,12-13,15H2,2-4H3/t18-/m0/s1. The molecule has 1 fully saturated rings. The molecule has 11 nitrogen and oxygen atoms in total. The third-order valence-corrected chi connectivity index (χ3v) is 7.86. The molecule has 1 amide bonds.